The summed E-state index contributed by atoms with van der Waals surface area (Å²) in [6.45, 7) is 0. The third-order valence-electron chi connectivity index (χ3n) is 9.21. The monoisotopic (exact) mass is 624 g/mol. The van der Waals surface area contributed by atoms with Crippen LogP contribution in [0, 0.1) is 0 Å². The molecule has 1 saturated carbocycles. The SMILES string of the molecule is CS(=O)(=O)c1c([C@@H]2C[C@H]3CC[C@@H](C2)N3C(=O)c2nnc[nH]2)nc2c(-c3ccc(-c4ccc(OC5CC5)cc4)nc3)ccn2c1N. The first-order chi connectivity index (χ1) is 21.7. The van der Waals surface area contributed by atoms with Crippen molar-refractivity contribution in [3.8, 4) is 28.1 Å². The Morgan fingerprint density at radius 3 is 2.36 bits per heavy atom. The maximum Gasteiger partial charge on any atom is 0.292 e. The number of sulfone groups is 1. The standard InChI is InChI=1S/C32H32N8O4S/c1-45(42,43)28-27(20-14-21-5-6-22(15-20)40(21)32(41)30-35-17-36-38-30)37-31-25(12-13-39(31)29(28)33)19-4-11-26(34-16-19)18-2-7-23(8-3-18)44-24-9-10-24/h2-4,7-8,11-13,16-17,20-22,24H,5-6,9-10,14-15,33H2,1H3,(H,35,36,38)/t20-,21-,22+. The number of rotatable bonds is 7. The summed E-state index contributed by atoms with van der Waals surface area (Å²) >= 11 is 0. The zero-order valence-electron chi connectivity index (χ0n) is 24.6. The van der Waals surface area contributed by atoms with Gasteiger partial charge in [0, 0.05) is 53.3 Å². The molecule has 0 unspecified atom stereocenters. The maximum absolute atomic E-state index is 13.2. The molecule has 3 N–H and O–H groups in total. The Labute approximate surface area is 259 Å². The molecule has 230 valence electrons. The quantitative estimate of drug-likeness (QED) is 0.270. The Morgan fingerprint density at radius 1 is 1.00 bits per heavy atom. The molecule has 12 nitrogen and oxygen atoms in total. The molecule has 1 aromatic carbocycles. The number of amides is 1. The van der Waals surface area contributed by atoms with Crippen LogP contribution in [-0.2, 0) is 9.84 Å². The number of anilines is 1. The highest BCUT2D eigenvalue weighted by Crippen LogP contribution is 2.46. The number of nitrogens with zero attached hydrogens (tertiary/aromatic N) is 6. The Balaban J connectivity index is 1.13. The van der Waals surface area contributed by atoms with Crippen LogP contribution in [0.3, 0.4) is 0 Å². The van der Waals surface area contributed by atoms with Crippen LogP contribution < -0.4 is 10.5 Å². The number of nitrogens with two attached hydrogens (primary N) is 1. The van der Waals surface area contributed by atoms with E-state index in [2.05, 4.69) is 15.2 Å². The zero-order valence-corrected chi connectivity index (χ0v) is 25.4. The van der Waals surface area contributed by atoms with E-state index in [1.54, 1.807) is 16.8 Å². The lowest BCUT2D eigenvalue weighted by atomic mass is 9.87. The van der Waals surface area contributed by atoms with Crippen LogP contribution in [0.25, 0.3) is 28.0 Å². The van der Waals surface area contributed by atoms with E-state index in [1.165, 1.54) is 12.6 Å². The number of aromatic amines is 1. The van der Waals surface area contributed by atoms with Crippen molar-refractivity contribution in [3.63, 3.8) is 0 Å². The first-order valence-corrected chi connectivity index (χ1v) is 17.1. The molecular weight excluding hydrogens is 592 g/mol. The number of piperidine rings is 1. The predicted molar refractivity (Wildman–Crippen MR) is 166 cm³/mol. The number of nitrogens with one attached hydrogen (secondary N) is 1. The van der Waals surface area contributed by atoms with Crippen LogP contribution in [0.15, 0.2) is 66.1 Å². The van der Waals surface area contributed by atoms with Gasteiger partial charge < -0.3 is 20.4 Å². The second kappa shape index (κ2) is 10.4. The Kier molecular flexibility index (Phi) is 6.41. The van der Waals surface area contributed by atoms with Crippen molar-refractivity contribution < 1.29 is 17.9 Å². The second-order valence-electron chi connectivity index (χ2n) is 12.3. The lowest BCUT2D eigenvalue weighted by Crippen LogP contribution is -2.46. The van der Waals surface area contributed by atoms with E-state index in [1.807, 2.05) is 47.4 Å². The fourth-order valence-corrected chi connectivity index (χ4v) is 8.06. The zero-order chi connectivity index (χ0) is 30.9. The van der Waals surface area contributed by atoms with E-state index < -0.39 is 9.84 Å². The Morgan fingerprint density at radius 2 is 1.73 bits per heavy atom. The molecule has 3 fully saturated rings. The highest BCUT2D eigenvalue weighted by atomic mass is 32.2. The molecule has 1 amide bonds. The number of carbonyl (C=O) groups excluding carboxylic acids is 1. The van der Waals surface area contributed by atoms with Gasteiger partial charge in [0.05, 0.1) is 17.5 Å². The number of hydrogen-bond acceptors (Lipinski definition) is 9. The third kappa shape index (κ3) is 4.91. The molecule has 8 rings (SSSR count). The van der Waals surface area contributed by atoms with Gasteiger partial charge in [0.15, 0.2) is 9.84 Å². The first kappa shape index (κ1) is 27.7. The molecule has 0 radical (unpaired) electrons. The van der Waals surface area contributed by atoms with Crippen LogP contribution in [0.5, 0.6) is 5.75 Å². The van der Waals surface area contributed by atoms with Gasteiger partial charge in [0.2, 0.25) is 5.82 Å². The number of aromatic nitrogens is 6. The molecule has 6 heterocycles. The van der Waals surface area contributed by atoms with Crippen LogP contribution in [0.2, 0.25) is 0 Å². The molecule has 45 heavy (non-hydrogen) atoms. The van der Waals surface area contributed by atoms with Gasteiger partial charge in [-0.15, -0.1) is 10.2 Å². The van der Waals surface area contributed by atoms with Gasteiger partial charge in [-0.2, -0.15) is 0 Å². The van der Waals surface area contributed by atoms with Gasteiger partial charge in [-0.05, 0) is 74.9 Å². The van der Waals surface area contributed by atoms with Crippen LogP contribution >= 0.6 is 0 Å². The molecule has 5 aromatic rings. The summed E-state index contributed by atoms with van der Waals surface area (Å²) in [6, 6.07) is 13.7. The lowest BCUT2D eigenvalue weighted by molar-refractivity contribution is 0.0556. The predicted octanol–water partition coefficient (Wildman–Crippen LogP) is 4.26. The van der Waals surface area contributed by atoms with Crippen LogP contribution in [0.1, 0.15) is 60.8 Å². The number of carbonyl (C=O) groups is 1. The number of nitrogen functional groups attached to an aromatic ring is 1. The average molecular weight is 625 g/mol. The highest BCUT2D eigenvalue weighted by molar-refractivity contribution is 7.91. The summed E-state index contributed by atoms with van der Waals surface area (Å²) in [4.78, 5) is 27.7. The Hall–Kier alpha value is -4.78. The van der Waals surface area contributed by atoms with Crippen molar-refractivity contribution in [2.45, 2.75) is 67.5 Å². The lowest BCUT2D eigenvalue weighted by Gasteiger charge is -2.38. The third-order valence-corrected chi connectivity index (χ3v) is 10.4. The normalized spacial score (nSPS) is 21.4. The highest BCUT2D eigenvalue weighted by Gasteiger charge is 2.46. The van der Waals surface area contributed by atoms with Crippen LogP contribution in [-0.4, -0.2) is 73.2 Å². The van der Waals surface area contributed by atoms with Gasteiger partial charge in [-0.1, -0.05) is 6.07 Å². The van der Waals surface area contributed by atoms with Crippen molar-refractivity contribution in [2.75, 3.05) is 12.0 Å². The molecular formula is C32H32N8O4S. The molecule has 13 heteroatoms. The van der Waals surface area contributed by atoms with Gasteiger partial charge in [0.25, 0.3) is 5.91 Å². The van der Waals surface area contributed by atoms with Gasteiger partial charge in [0.1, 0.15) is 28.4 Å². The number of fused-ring (bicyclic) bond motifs is 3. The molecule has 0 spiro atoms. The smallest absolute Gasteiger partial charge is 0.292 e. The van der Waals surface area contributed by atoms with E-state index in [-0.39, 0.29) is 40.4 Å². The fourth-order valence-electron chi connectivity index (χ4n) is 6.99. The minimum absolute atomic E-state index is 0.0548. The van der Waals surface area contributed by atoms with Crippen molar-refractivity contribution >= 4 is 27.2 Å². The molecule has 3 aliphatic rings. The molecule has 2 bridgehead atoms. The summed E-state index contributed by atoms with van der Waals surface area (Å²) in [5.41, 5.74) is 11.1. The van der Waals surface area contributed by atoms with Gasteiger partial charge in [-0.3, -0.25) is 14.2 Å². The van der Waals surface area contributed by atoms with E-state index >= 15 is 0 Å². The minimum Gasteiger partial charge on any atom is -0.490 e. The average Bonchev–Trinajstić information content (AvgIpc) is 3.38. The Bertz CT molecular complexity index is 2010. The summed E-state index contributed by atoms with van der Waals surface area (Å²) in [5.74, 6) is 0.842. The number of ether oxygens (including phenoxy) is 1. The molecule has 4 aromatic heterocycles. The van der Waals surface area contributed by atoms with Gasteiger partial charge in [-0.25, -0.2) is 13.4 Å². The van der Waals surface area contributed by atoms with Crippen molar-refractivity contribution in [1.29, 1.82) is 0 Å². The van der Waals surface area contributed by atoms with E-state index in [9.17, 15) is 13.2 Å². The number of benzene rings is 1. The maximum atomic E-state index is 13.2. The van der Waals surface area contributed by atoms with Crippen molar-refractivity contribution in [2.24, 2.45) is 0 Å². The topological polar surface area (TPSA) is 161 Å². The number of H-pyrrole nitrogens is 1. The summed E-state index contributed by atoms with van der Waals surface area (Å²) in [7, 11) is -3.72. The van der Waals surface area contributed by atoms with E-state index in [0.29, 0.717) is 30.3 Å². The van der Waals surface area contributed by atoms with E-state index in [4.69, 9.17) is 20.4 Å². The minimum atomic E-state index is -3.72. The second-order valence-corrected chi connectivity index (χ2v) is 14.2. The molecule has 1 aliphatic carbocycles. The van der Waals surface area contributed by atoms with Crippen LogP contribution in [0.4, 0.5) is 5.82 Å². The summed E-state index contributed by atoms with van der Waals surface area (Å²) in [6.07, 6.45) is 11.5. The molecule has 2 aliphatic heterocycles. The molecule has 2 saturated heterocycles. The number of hydrogen-bond donors (Lipinski definition) is 2. The van der Waals surface area contributed by atoms with Crippen molar-refractivity contribution in [1.82, 2.24) is 34.4 Å². The summed E-state index contributed by atoms with van der Waals surface area (Å²) < 4.78 is 33.8. The molecule has 3 atom stereocenters. The fraction of sp³-hybridized carbons (Fsp3) is 0.344. The first-order valence-electron chi connectivity index (χ1n) is 15.2. The number of pyridine rings is 1. The summed E-state index contributed by atoms with van der Waals surface area (Å²) in [5, 5.41) is 7.66. The van der Waals surface area contributed by atoms with Crippen molar-refractivity contribution in [3.05, 3.63) is 72.7 Å². The van der Waals surface area contributed by atoms with E-state index in [0.717, 1.165) is 53.8 Å². The van der Waals surface area contributed by atoms with Gasteiger partial charge >= 0.3 is 0 Å². The largest absolute Gasteiger partial charge is 0.490 e.